The first-order chi connectivity index (χ1) is 9.83. The highest BCUT2D eigenvalue weighted by atomic mass is 79.9. The molecule has 0 bridgehead atoms. The zero-order valence-corrected chi connectivity index (χ0v) is 14.1. The van der Waals surface area contributed by atoms with Crippen molar-refractivity contribution >= 4 is 31.6 Å². The van der Waals surface area contributed by atoms with E-state index in [0.29, 0.717) is 21.3 Å². The van der Waals surface area contributed by atoms with E-state index < -0.39 is 10.0 Å². The Bertz CT molecular complexity index is 772. The lowest BCUT2D eigenvalue weighted by Gasteiger charge is -2.13. The van der Waals surface area contributed by atoms with E-state index in [9.17, 15) is 8.42 Å². The van der Waals surface area contributed by atoms with Crippen LogP contribution in [0.1, 0.15) is 16.7 Å². The van der Waals surface area contributed by atoms with E-state index >= 15 is 0 Å². The number of aliphatic hydroxyl groups excluding tert-OH is 1. The van der Waals surface area contributed by atoms with E-state index in [4.69, 9.17) is 5.11 Å². The average molecular weight is 370 g/mol. The van der Waals surface area contributed by atoms with Crippen LogP contribution in [-0.4, -0.2) is 13.5 Å². The van der Waals surface area contributed by atoms with E-state index in [0.717, 1.165) is 5.56 Å². The Hall–Kier alpha value is -1.37. The van der Waals surface area contributed by atoms with Crippen LogP contribution in [0.15, 0.2) is 45.8 Å². The number of benzene rings is 2. The molecule has 0 aliphatic heterocycles. The summed E-state index contributed by atoms with van der Waals surface area (Å²) in [5, 5.41) is 9.16. The molecule has 0 unspecified atom stereocenters. The van der Waals surface area contributed by atoms with Gasteiger partial charge in [0.05, 0.1) is 17.2 Å². The molecule has 6 heteroatoms. The summed E-state index contributed by atoms with van der Waals surface area (Å²) < 4.78 is 28.3. The second-order valence-corrected chi connectivity index (χ2v) is 7.35. The van der Waals surface area contributed by atoms with Crippen LogP contribution >= 0.6 is 15.9 Å². The lowest BCUT2D eigenvalue weighted by molar-refractivity contribution is 0.281. The molecule has 0 heterocycles. The van der Waals surface area contributed by atoms with Crippen LogP contribution in [-0.2, 0) is 16.6 Å². The Kier molecular flexibility index (Phi) is 4.70. The minimum absolute atomic E-state index is 0.168. The van der Waals surface area contributed by atoms with Gasteiger partial charge in [-0.3, -0.25) is 4.72 Å². The zero-order valence-electron chi connectivity index (χ0n) is 11.7. The third-order valence-electron chi connectivity index (χ3n) is 3.09. The molecule has 0 aliphatic rings. The molecule has 0 fully saturated rings. The van der Waals surface area contributed by atoms with Gasteiger partial charge in [0.1, 0.15) is 0 Å². The Labute approximate surface area is 133 Å². The topological polar surface area (TPSA) is 66.4 Å². The third-order valence-corrected chi connectivity index (χ3v) is 5.26. The number of nitrogens with one attached hydrogen (secondary N) is 1. The van der Waals surface area contributed by atoms with Crippen LogP contribution in [0.25, 0.3) is 0 Å². The van der Waals surface area contributed by atoms with Crippen LogP contribution in [0.3, 0.4) is 0 Å². The molecule has 0 radical (unpaired) electrons. The van der Waals surface area contributed by atoms with Crippen molar-refractivity contribution in [3.05, 3.63) is 57.6 Å². The quantitative estimate of drug-likeness (QED) is 0.867. The van der Waals surface area contributed by atoms with Crippen molar-refractivity contribution in [2.75, 3.05) is 4.72 Å². The first-order valence-corrected chi connectivity index (χ1v) is 8.60. The summed E-state index contributed by atoms with van der Waals surface area (Å²) in [5.74, 6) is 0. The molecule has 0 saturated heterocycles. The summed E-state index contributed by atoms with van der Waals surface area (Å²) in [6.07, 6.45) is 0. The van der Waals surface area contributed by atoms with E-state index in [2.05, 4.69) is 20.7 Å². The molecule has 2 aromatic carbocycles. The maximum atomic E-state index is 12.5. The van der Waals surface area contributed by atoms with Crippen molar-refractivity contribution in [1.82, 2.24) is 0 Å². The summed E-state index contributed by atoms with van der Waals surface area (Å²) in [4.78, 5) is 0.168. The van der Waals surface area contributed by atoms with Gasteiger partial charge in [-0.05, 0) is 64.7 Å². The highest BCUT2D eigenvalue weighted by Crippen LogP contribution is 2.27. The van der Waals surface area contributed by atoms with Crippen LogP contribution in [0.4, 0.5) is 5.69 Å². The number of aryl methyl sites for hydroxylation is 2. The molecule has 0 aliphatic carbocycles. The molecule has 2 aromatic rings. The summed E-state index contributed by atoms with van der Waals surface area (Å²) in [7, 11) is -3.70. The van der Waals surface area contributed by atoms with Gasteiger partial charge >= 0.3 is 0 Å². The molecule has 4 nitrogen and oxygen atoms in total. The van der Waals surface area contributed by atoms with E-state index in [1.807, 2.05) is 19.1 Å². The highest BCUT2D eigenvalue weighted by molar-refractivity contribution is 9.10. The molecular weight excluding hydrogens is 354 g/mol. The van der Waals surface area contributed by atoms with Gasteiger partial charge in [-0.15, -0.1) is 0 Å². The second-order valence-electron chi connectivity index (χ2n) is 4.85. The molecule has 0 aromatic heterocycles. The van der Waals surface area contributed by atoms with E-state index in [1.165, 1.54) is 6.07 Å². The molecule has 0 saturated carbocycles. The summed E-state index contributed by atoms with van der Waals surface area (Å²) in [6.45, 7) is 3.45. The molecule has 21 heavy (non-hydrogen) atoms. The van der Waals surface area contributed by atoms with Gasteiger partial charge in [-0.25, -0.2) is 8.42 Å². The lowest BCUT2D eigenvalue weighted by Crippen LogP contribution is -2.15. The second kappa shape index (κ2) is 6.17. The number of halogens is 1. The minimum Gasteiger partial charge on any atom is -0.392 e. The Balaban J connectivity index is 2.43. The van der Waals surface area contributed by atoms with E-state index in [1.54, 1.807) is 25.1 Å². The Morgan fingerprint density at radius 3 is 2.48 bits per heavy atom. The maximum absolute atomic E-state index is 12.5. The molecule has 0 atom stereocenters. The minimum atomic E-state index is -3.70. The molecular formula is C15H16BrNO3S. The lowest BCUT2D eigenvalue weighted by atomic mass is 10.2. The van der Waals surface area contributed by atoms with Crippen molar-refractivity contribution < 1.29 is 13.5 Å². The summed E-state index contributed by atoms with van der Waals surface area (Å²) >= 11 is 3.35. The molecule has 0 spiro atoms. The fourth-order valence-electron chi connectivity index (χ4n) is 1.94. The number of aliphatic hydroxyl groups is 1. The van der Waals surface area contributed by atoms with Crippen molar-refractivity contribution in [2.45, 2.75) is 25.3 Å². The van der Waals surface area contributed by atoms with Crippen LogP contribution in [0, 0.1) is 13.8 Å². The molecule has 2 N–H and O–H groups in total. The largest absolute Gasteiger partial charge is 0.392 e. The number of anilines is 1. The number of hydrogen-bond acceptors (Lipinski definition) is 3. The van der Waals surface area contributed by atoms with Gasteiger partial charge in [-0.1, -0.05) is 18.2 Å². The van der Waals surface area contributed by atoms with Crippen molar-refractivity contribution in [1.29, 1.82) is 0 Å². The molecule has 112 valence electrons. The molecule has 0 amide bonds. The highest BCUT2D eigenvalue weighted by Gasteiger charge is 2.18. The summed E-state index contributed by atoms with van der Waals surface area (Å²) in [6, 6.07) is 10.3. The number of sulfonamides is 1. The van der Waals surface area contributed by atoms with Crippen LogP contribution in [0.2, 0.25) is 0 Å². The maximum Gasteiger partial charge on any atom is 0.262 e. The Morgan fingerprint density at radius 2 is 1.86 bits per heavy atom. The van der Waals surface area contributed by atoms with Crippen molar-refractivity contribution in [3.63, 3.8) is 0 Å². The monoisotopic (exact) mass is 369 g/mol. The number of rotatable bonds is 4. The van der Waals surface area contributed by atoms with Gasteiger partial charge in [0, 0.05) is 4.47 Å². The SMILES string of the molecule is Cc1ccc(NS(=O)(=O)c2cc(CO)ccc2C)c(Br)c1. The zero-order chi connectivity index (χ0) is 15.6. The van der Waals surface area contributed by atoms with Gasteiger partial charge in [0.25, 0.3) is 10.0 Å². The fourth-order valence-corrected chi connectivity index (χ4v) is 4.03. The standard InChI is InChI=1S/C15H16BrNO3S/c1-10-3-6-14(13(16)7-10)17-21(19,20)15-8-12(9-18)5-4-11(15)2/h3-8,17-18H,9H2,1-2H3. The fraction of sp³-hybridized carbons (Fsp3) is 0.200. The van der Waals surface area contributed by atoms with Gasteiger partial charge in [0.2, 0.25) is 0 Å². The first-order valence-electron chi connectivity index (χ1n) is 6.33. The molecule has 2 rings (SSSR count). The van der Waals surface area contributed by atoms with Gasteiger partial charge < -0.3 is 5.11 Å². The average Bonchev–Trinajstić information content (AvgIpc) is 2.42. The normalized spacial score (nSPS) is 11.4. The predicted molar refractivity (Wildman–Crippen MR) is 86.8 cm³/mol. The summed E-state index contributed by atoms with van der Waals surface area (Å²) in [5.41, 5.74) is 2.70. The van der Waals surface area contributed by atoms with Gasteiger partial charge in [-0.2, -0.15) is 0 Å². The first kappa shape index (κ1) is 16.0. The third kappa shape index (κ3) is 3.64. The van der Waals surface area contributed by atoms with Crippen molar-refractivity contribution in [2.24, 2.45) is 0 Å². The van der Waals surface area contributed by atoms with Gasteiger partial charge in [0.15, 0.2) is 0 Å². The van der Waals surface area contributed by atoms with Crippen LogP contribution in [0.5, 0.6) is 0 Å². The number of hydrogen-bond donors (Lipinski definition) is 2. The smallest absolute Gasteiger partial charge is 0.262 e. The van der Waals surface area contributed by atoms with E-state index in [-0.39, 0.29) is 11.5 Å². The Morgan fingerprint density at radius 1 is 1.14 bits per heavy atom. The van der Waals surface area contributed by atoms with Crippen molar-refractivity contribution in [3.8, 4) is 0 Å². The predicted octanol–water partition coefficient (Wildman–Crippen LogP) is 3.36. The van der Waals surface area contributed by atoms with Crippen LogP contribution < -0.4 is 4.72 Å².